The SMILES string of the molecule is CCOC(=O)Cc1cccc(-c2c(C=O)cccc2OCc2ccc3c(c2)C(C)(C)CCC3(C)C)c1. The van der Waals surface area contributed by atoms with E-state index < -0.39 is 0 Å². The summed E-state index contributed by atoms with van der Waals surface area (Å²) >= 11 is 0. The highest BCUT2D eigenvalue weighted by molar-refractivity contribution is 5.91. The first-order valence-corrected chi connectivity index (χ1v) is 12.7. The molecule has 3 aromatic carbocycles. The van der Waals surface area contributed by atoms with E-state index >= 15 is 0 Å². The molecule has 188 valence electrons. The molecule has 1 aliphatic carbocycles. The number of ether oxygens (including phenoxy) is 2. The number of hydrogen-bond donors (Lipinski definition) is 0. The summed E-state index contributed by atoms with van der Waals surface area (Å²) in [7, 11) is 0. The maximum Gasteiger partial charge on any atom is 0.310 e. The Morgan fingerprint density at radius 3 is 2.33 bits per heavy atom. The molecule has 0 unspecified atom stereocenters. The van der Waals surface area contributed by atoms with Crippen LogP contribution in [0.4, 0.5) is 0 Å². The van der Waals surface area contributed by atoms with Crippen LogP contribution in [-0.4, -0.2) is 18.9 Å². The summed E-state index contributed by atoms with van der Waals surface area (Å²) in [4.78, 5) is 23.9. The molecule has 0 N–H and O–H groups in total. The van der Waals surface area contributed by atoms with Crippen LogP contribution in [0.25, 0.3) is 11.1 Å². The molecule has 0 aromatic heterocycles. The zero-order valence-corrected chi connectivity index (χ0v) is 22.0. The minimum Gasteiger partial charge on any atom is -0.488 e. The molecule has 0 heterocycles. The molecule has 0 spiro atoms. The normalized spacial score (nSPS) is 15.6. The molecule has 3 aromatic rings. The molecule has 0 amide bonds. The van der Waals surface area contributed by atoms with Gasteiger partial charge in [0.15, 0.2) is 6.29 Å². The number of benzene rings is 3. The van der Waals surface area contributed by atoms with E-state index in [-0.39, 0.29) is 23.2 Å². The lowest BCUT2D eigenvalue weighted by atomic mass is 9.63. The molecule has 0 saturated heterocycles. The van der Waals surface area contributed by atoms with Gasteiger partial charge in [-0.3, -0.25) is 9.59 Å². The first kappa shape index (κ1) is 25.7. The second-order valence-electron chi connectivity index (χ2n) is 11.0. The van der Waals surface area contributed by atoms with Crippen molar-refractivity contribution in [1.29, 1.82) is 0 Å². The van der Waals surface area contributed by atoms with Crippen molar-refractivity contribution in [1.82, 2.24) is 0 Å². The first-order valence-electron chi connectivity index (χ1n) is 12.7. The maximum absolute atomic E-state index is 12.0. The van der Waals surface area contributed by atoms with Crippen LogP contribution in [0.1, 0.15) is 80.1 Å². The first-order chi connectivity index (χ1) is 17.1. The van der Waals surface area contributed by atoms with Gasteiger partial charge in [0.2, 0.25) is 0 Å². The standard InChI is InChI=1S/C32H36O4/c1-6-35-29(34)19-22-9-7-10-24(17-22)30-25(20-33)11-8-12-28(30)36-21-23-13-14-26-27(18-23)32(4,5)16-15-31(26,2)3/h7-14,17-18,20H,6,15-16,19,21H2,1-5H3. The largest absolute Gasteiger partial charge is 0.488 e. The van der Waals surface area contributed by atoms with Gasteiger partial charge in [0.1, 0.15) is 12.4 Å². The molecule has 4 heteroatoms. The van der Waals surface area contributed by atoms with Gasteiger partial charge < -0.3 is 9.47 Å². The average Bonchev–Trinajstić information content (AvgIpc) is 2.85. The lowest BCUT2D eigenvalue weighted by Crippen LogP contribution is -2.33. The quantitative estimate of drug-likeness (QED) is 0.251. The zero-order valence-electron chi connectivity index (χ0n) is 22.0. The monoisotopic (exact) mass is 484 g/mol. The van der Waals surface area contributed by atoms with Gasteiger partial charge in [0.25, 0.3) is 0 Å². The molecule has 0 bridgehead atoms. The van der Waals surface area contributed by atoms with Crippen molar-refractivity contribution in [2.45, 2.75) is 71.3 Å². The summed E-state index contributed by atoms with van der Waals surface area (Å²) in [6, 6.07) is 19.9. The molecular formula is C32H36O4. The predicted molar refractivity (Wildman–Crippen MR) is 144 cm³/mol. The molecule has 0 saturated carbocycles. The number of fused-ring (bicyclic) bond motifs is 1. The van der Waals surface area contributed by atoms with Crippen LogP contribution < -0.4 is 4.74 Å². The van der Waals surface area contributed by atoms with Gasteiger partial charge in [0.05, 0.1) is 13.0 Å². The molecule has 0 fully saturated rings. The second-order valence-corrected chi connectivity index (χ2v) is 11.0. The van der Waals surface area contributed by atoms with Crippen molar-refractivity contribution < 1.29 is 19.1 Å². The summed E-state index contributed by atoms with van der Waals surface area (Å²) in [6.45, 7) is 11.8. The summed E-state index contributed by atoms with van der Waals surface area (Å²) in [5.74, 6) is 0.374. The van der Waals surface area contributed by atoms with Gasteiger partial charge in [-0.25, -0.2) is 0 Å². The molecule has 0 radical (unpaired) electrons. The fraction of sp³-hybridized carbons (Fsp3) is 0.375. The van der Waals surface area contributed by atoms with Crippen LogP contribution in [0, 0.1) is 0 Å². The molecule has 4 nitrogen and oxygen atoms in total. The van der Waals surface area contributed by atoms with E-state index in [4.69, 9.17) is 9.47 Å². The number of carbonyl (C=O) groups is 2. The lowest BCUT2D eigenvalue weighted by molar-refractivity contribution is -0.142. The van der Waals surface area contributed by atoms with Crippen molar-refractivity contribution in [2.75, 3.05) is 6.61 Å². The molecule has 36 heavy (non-hydrogen) atoms. The highest BCUT2D eigenvalue weighted by atomic mass is 16.5. The van der Waals surface area contributed by atoms with Crippen LogP contribution >= 0.6 is 0 Å². The highest BCUT2D eigenvalue weighted by Gasteiger charge is 2.36. The Morgan fingerprint density at radius 1 is 0.889 bits per heavy atom. The van der Waals surface area contributed by atoms with E-state index in [0.717, 1.165) is 35.0 Å². The zero-order chi connectivity index (χ0) is 25.9. The number of esters is 1. The van der Waals surface area contributed by atoms with Crippen molar-refractivity contribution in [3.8, 4) is 16.9 Å². The molecule has 0 aliphatic heterocycles. The Balaban J connectivity index is 1.64. The topological polar surface area (TPSA) is 52.6 Å². The van der Waals surface area contributed by atoms with E-state index in [1.807, 2.05) is 36.4 Å². The molecule has 1 aliphatic rings. The summed E-state index contributed by atoms with van der Waals surface area (Å²) in [5, 5.41) is 0. The van der Waals surface area contributed by atoms with E-state index in [0.29, 0.717) is 24.5 Å². The third kappa shape index (κ3) is 5.38. The fourth-order valence-corrected chi connectivity index (χ4v) is 5.18. The minimum atomic E-state index is -0.270. The molecular weight excluding hydrogens is 448 g/mol. The Morgan fingerprint density at radius 2 is 1.61 bits per heavy atom. The molecule has 0 atom stereocenters. The van der Waals surface area contributed by atoms with E-state index in [1.165, 1.54) is 17.5 Å². The molecule has 4 rings (SSSR count). The van der Waals surface area contributed by atoms with Gasteiger partial charge >= 0.3 is 5.97 Å². The Labute approximate surface area is 214 Å². The fourth-order valence-electron chi connectivity index (χ4n) is 5.18. The van der Waals surface area contributed by atoms with Crippen LogP contribution in [0.2, 0.25) is 0 Å². The number of aldehydes is 1. The minimum absolute atomic E-state index is 0.128. The Bertz CT molecular complexity index is 1270. The third-order valence-electron chi connectivity index (χ3n) is 7.37. The van der Waals surface area contributed by atoms with Crippen LogP contribution in [0.5, 0.6) is 5.75 Å². The van der Waals surface area contributed by atoms with Gasteiger partial charge in [-0.2, -0.15) is 0 Å². The number of rotatable bonds is 8. The van der Waals surface area contributed by atoms with Gasteiger partial charge in [0, 0.05) is 11.1 Å². The van der Waals surface area contributed by atoms with E-state index in [1.54, 1.807) is 13.0 Å². The van der Waals surface area contributed by atoms with E-state index in [2.05, 4.69) is 45.9 Å². The summed E-state index contributed by atoms with van der Waals surface area (Å²) in [5.41, 5.74) is 7.18. The predicted octanol–water partition coefficient (Wildman–Crippen LogP) is 7.20. The van der Waals surface area contributed by atoms with Gasteiger partial charge in [-0.15, -0.1) is 0 Å². The number of hydrogen-bond acceptors (Lipinski definition) is 4. The second kappa shape index (κ2) is 10.3. The van der Waals surface area contributed by atoms with Crippen LogP contribution in [0.15, 0.2) is 60.7 Å². The third-order valence-corrected chi connectivity index (χ3v) is 7.37. The van der Waals surface area contributed by atoms with Crippen LogP contribution in [0.3, 0.4) is 0 Å². The van der Waals surface area contributed by atoms with Gasteiger partial charge in [-0.1, -0.05) is 82.3 Å². The summed E-state index contributed by atoms with van der Waals surface area (Å²) < 4.78 is 11.4. The van der Waals surface area contributed by atoms with Crippen molar-refractivity contribution in [3.05, 3.63) is 88.5 Å². The lowest BCUT2D eigenvalue weighted by Gasteiger charge is -2.42. The Hall–Kier alpha value is -3.40. The van der Waals surface area contributed by atoms with Gasteiger partial charge in [-0.05, 0) is 64.5 Å². The van der Waals surface area contributed by atoms with Crippen LogP contribution in [-0.2, 0) is 33.4 Å². The average molecular weight is 485 g/mol. The van der Waals surface area contributed by atoms with Crippen molar-refractivity contribution in [2.24, 2.45) is 0 Å². The van der Waals surface area contributed by atoms with E-state index in [9.17, 15) is 9.59 Å². The number of carbonyl (C=O) groups excluding carboxylic acids is 2. The van der Waals surface area contributed by atoms with Crippen molar-refractivity contribution >= 4 is 12.3 Å². The smallest absolute Gasteiger partial charge is 0.310 e. The maximum atomic E-state index is 12.0. The Kier molecular flexibility index (Phi) is 7.35. The van der Waals surface area contributed by atoms with Crippen molar-refractivity contribution in [3.63, 3.8) is 0 Å². The highest BCUT2D eigenvalue weighted by Crippen LogP contribution is 2.46. The summed E-state index contributed by atoms with van der Waals surface area (Å²) in [6.07, 6.45) is 3.37.